The molecule has 150 valence electrons. The van der Waals surface area contributed by atoms with Crippen LogP contribution in [-0.2, 0) is 4.79 Å². The number of nitrogens with one attached hydrogen (secondary N) is 2. The zero-order valence-electron chi connectivity index (χ0n) is 15.5. The third-order valence-corrected chi connectivity index (χ3v) is 6.54. The number of benzene rings is 2. The second-order valence-electron chi connectivity index (χ2n) is 6.40. The summed E-state index contributed by atoms with van der Waals surface area (Å²) in [5, 5.41) is 11.9. The standard InChI is InChI=1S/C19H17BrClN5O2S/c1-10-23-24-19-26(10)25-16(11-3-8-15(28-2)14(21)9-11)17(29-19)18(27)22-13-6-4-12(20)5-7-13/h3-9,16-17,25H,1-2H3,(H,22,27)/t16-,17-/m0/s1. The van der Waals surface area contributed by atoms with Crippen LogP contribution < -0.4 is 15.5 Å². The molecule has 3 aromatic rings. The van der Waals surface area contributed by atoms with E-state index >= 15 is 0 Å². The smallest absolute Gasteiger partial charge is 0.240 e. The third-order valence-electron chi connectivity index (χ3n) is 4.50. The summed E-state index contributed by atoms with van der Waals surface area (Å²) < 4.78 is 7.98. The number of nitrogens with zero attached hydrogens (tertiary/aromatic N) is 3. The van der Waals surface area contributed by atoms with E-state index in [0.717, 1.165) is 10.0 Å². The molecule has 2 N–H and O–H groups in total. The number of halogens is 2. The van der Waals surface area contributed by atoms with Crippen LogP contribution in [0, 0.1) is 6.92 Å². The van der Waals surface area contributed by atoms with Gasteiger partial charge < -0.3 is 15.5 Å². The van der Waals surface area contributed by atoms with E-state index < -0.39 is 5.25 Å². The average molecular weight is 495 g/mol. The first kappa shape index (κ1) is 20.1. The van der Waals surface area contributed by atoms with Crippen molar-refractivity contribution < 1.29 is 9.53 Å². The third kappa shape index (κ3) is 4.08. The lowest BCUT2D eigenvalue weighted by Gasteiger charge is -2.33. The molecule has 1 aliphatic heterocycles. The predicted molar refractivity (Wildman–Crippen MR) is 117 cm³/mol. The van der Waals surface area contributed by atoms with Crippen molar-refractivity contribution in [3.63, 3.8) is 0 Å². The van der Waals surface area contributed by atoms with E-state index in [0.29, 0.717) is 27.4 Å². The minimum atomic E-state index is -0.487. The Hall–Kier alpha value is -2.23. The second kappa shape index (κ2) is 8.25. The number of thioether (sulfide) groups is 1. The lowest BCUT2D eigenvalue weighted by molar-refractivity contribution is -0.116. The highest BCUT2D eigenvalue weighted by Gasteiger charge is 2.37. The molecule has 0 unspecified atom stereocenters. The van der Waals surface area contributed by atoms with Crippen LogP contribution in [0.2, 0.25) is 5.02 Å². The van der Waals surface area contributed by atoms with Gasteiger partial charge in [-0.15, -0.1) is 10.2 Å². The first-order valence-corrected chi connectivity index (χ1v) is 10.8. The summed E-state index contributed by atoms with van der Waals surface area (Å²) in [7, 11) is 1.57. The SMILES string of the molecule is COc1ccc([C@@H]2Nn3c(C)nnc3S[C@@H]2C(=O)Nc2ccc(Br)cc2)cc1Cl. The second-order valence-corrected chi connectivity index (χ2v) is 8.83. The Morgan fingerprint density at radius 2 is 2.03 bits per heavy atom. The molecule has 2 atom stereocenters. The van der Waals surface area contributed by atoms with E-state index in [9.17, 15) is 4.79 Å². The highest BCUT2D eigenvalue weighted by Crippen LogP contribution is 2.39. The topological polar surface area (TPSA) is 81.1 Å². The summed E-state index contributed by atoms with van der Waals surface area (Å²) in [4.78, 5) is 13.2. The molecule has 1 amide bonds. The van der Waals surface area contributed by atoms with Crippen molar-refractivity contribution in [2.24, 2.45) is 0 Å². The molecule has 1 aliphatic rings. The molecule has 2 heterocycles. The van der Waals surface area contributed by atoms with Crippen LogP contribution in [0.5, 0.6) is 5.75 Å². The fourth-order valence-electron chi connectivity index (χ4n) is 3.03. The highest BCUT2D eigenvalue weighted by atomic mass is 79.9. The largest absolute Gasteiger partial charge is 0.495 e. The summed E-state index contributed by atoms with van der Waals surface area (Å²) in [6.45, 7) is 1.85. The van der Waals surface area contributed by atoms with Crippen LogP contribution in [0.3, 0.4) is 0 Å². The van der Waals surface area contributed by atoms with Crippen molar-refractivity contribution in [3.8, 4) is 5.75 Å². The Kier molecular flexibility index (Phi) is 5.71. The molecule has 0 aliphatic carbocycles. The van der Waals surface area contributed by atoms with Gasteiger partial charge in [0, 0.05) is 10.2 Å². The van der Waals surface area contributed by atoms with E-state index in [-0.39, 0.29) is 11.9 Å². The van der Waals surface area contributed by atoms with Crippen LogP contribution in [-0.4, -0.2) is 33.1 Å². The molecule has 0 spiro atoms. The van der Waals surface area contributed by atoms with E-state index in [2.05, 4.69) is 36.9 Å². The number of hydrogen-bond acceptors (Lipinski definition) is 6. The Morgan fingerprint density at radius 1 is 1.28 bits per heavy atom. The number of aromatic nitrogens is 3. The molecular weight excluding hydrogens is 478 g/mol. The summed E-state index contributed by atoms with van der Waals surface area (Å²) in [5.74, 6) is 1.15. The van der Waals surface area contributed by atoms with Crippen molar-refractivity contribution in [1.29, 1.82) is 0 Å². The van der Waals surface area contributed by atoms with Crippen molar-refractivity contribution in [2.75, 3.05) is 17.9 Å². The van der Waals surface area contributed by atoms with E-state index in [4.69, 9.17) is 16.3 Å². The Balaban J connectivity index is 1.67. The maximum absolute atomic E-state index is 13.2. The Morgan fingerprint density at radius 3 is 2.72 bits per heavy atom. The van der Waals surface area contributed by atoms with Gasteiger partial charge in [0.1, 0.15) is 16.8 Å². The van der Waals surface area contributed by atoms with Gasteiger partial charge in [-0.1, -0.05) is 45.4 Å². The summed E-state index contributed by atoms with van der Waals surface area (Å²) in [5.41, 5.74) is 4.93. The normalized spacial score (nSPS) is 17.9. The van der Waals surface area contributed by atoms with E-state index in [1.165, 1.54) is 11.8 Å². The first-order chi connectivity index (χ1) is 14.0. The molecule has 0 saturated heterocycles. The first-order valence-electron chi connectivity index (χ1n) is 8.71. The number of amides is 1. The van der Waals surface area contributed by atoms with Crippen LogP contribution in [0.4, 0.5) is 5.69 Å². The Bertz CT molecular complexity index is 1060. The minimum absolute atomic E-state index is 0.145. The number of carbonyl (C=O) groups is 1. The molecule has 2 aromatic carbocycles. The van der Waals surface area contributed by atoms with Crippen LogP contribution in [0.15, 0.2) is 52.1 Å². The maximum Gasteiger partial charge on any atom is 0.240 e. The number of methoxy groups -OCH3 is 1. The molecule has 10 heteroatoms. The van der Waals surface area contributed by atoms with E-state index in [1.807, 2.05) is 43.3 Å². The maximum atomic E-state index is 13.2. The zero-order valence-corrected chi connectivity index (χ0v) is 18.7. The van der Waals surface area contributed by atoms with Crippen molar-refractivity contribution in [2.45, 2.75) is 23.4 Å². The summed E-state index contributed by atoms with van der Waals surface area (Å²) >= 11 is 11.1. The van der Waals surface area contributed by atoms with Crippen molar-refractivity contribution in [1.82, 2.24) is 14.9 Å². The monoisotopic (exact) mass is 493 g/mol. The van der Waals surface area contributed by atoms with E-state index in [1.54, 1.807) is 17.9 Å². The quantitative estimate of drug-likeness (QED) is 0.559. The number of aryl methyl sites for hydroxylation is 1. The fraction of sp³-hybridized carbons (Fsp3) is 0.211. The molecular formula is C19H17BrClN5O2S. The molecule has 4 rings (SSSR count). The number of anilines is 1. The number of ether oxygens (including phenoxy) is 1. The summed E-state index contributed by atoms with van der Waals surface area (Å²) in [6, 6.07) is 12.6. The molecule has 0 radical (unpaired) electrons. The molecule has 29 heavy (non-hydrogen) atoms. The Labute approximate surface area is 185 Å². The van der Waals surface area contributed by atoms with Gasteiger partial charge in [-0.05, 0) is 48.9 Å². The van der Waals surface area contributed by atoms with Gasteiger partial charge in [0.05, 0.1) is 18.2 Å². The zero-order chi connectivity index (χ0) is 20.5. The molecule has 0 bridgehead atoms. The minimum Gasteiger partial charge on any atom is -0.495 e. The van der Waals surface area contributed by atoms with Crippen LogP contribution in [0.1, 0.15) is 17.4 Å². The molecule has 0 fully saturated rings. The number of rotatable bonds is 4. The molecule has 1 aromatic heterocycles. The highest BCUT2D eigenvalue weighted by molar-refractivity contribution is 9.10. The number of fused-ring (bicyclic) bond motifs is 1. The molecule has 0 saturated carbocycles. The fourth-order valence-corrected chi connectivity index (χ4v) is 4.69. The van der Waals surface area contributed by atoms with Gasteiger partial charge in [0.25, 0.3) is 0 Å². The van der Waals surface area contributed by atoms with Crippen LogP contribution >= 0.6 is 39.3 Å². The predicted octanol–water partition coefficient (Wildman–Crippen LogP) is 4.41. The molecule has 7 nitrogen and oxygen atoms in total. The van der Waals surface area contributed by atoms with Gasteiger partial charge in [0.2, 0.25) is 11.1 Å². The van der Waals surface area contributed by atoms with Gasteiger partial charge >= 0.3 is 0 Å². The summed E-state index contributed by atoms with van der Waals surface area (Å²) in [6.07, 6.45) is 0. The van der Waals surface area contributed by atoms with Gasteiger partial charge in [-0.2, -0.15) is 0 Å². The number of hydrogen-bond donors (Lipinski definition) is 2. The van der Waals surface area contributed by atoms with Crippen LogP contribution in [0.25, 0.3) is 0 Å². The van der Waals surface area contributed by atoms with Crippen molar-refractivity contribution in [3.05, 3.63) is 63.3 Å². The lowest BCUT2D eigenvalue weighted by Crippen LogP contribution is -2.41. The average Bonchev–Trinajstić information content (AvgIpc) is 3.08. The van der Waals surface area contributed by atoms with Gasteiger partial charge in [-0.25, -0.2) is 4.68 Å². The number of carbonyl (C=O) groups excluding carboxylic acids is 1. The van der Waals surface area contributed by atoms with Crippen molar-refractivity contribution >= 4 is 50.9 Å². The lowest BCUT2D eigenvalue weighted by atomic mass is 10.0. The van der Waals surface area contributed by atoms with Gasteiger partial charge in [-0.3, -0.25) is 4.79 Å². The van der Waals surface area contributed by atoms with Gasteiger partial charge in [0.15, 0.2) is 0 Å².